The predicted octanol–water partition coefficient (Wildman–Crippen LogP) is 3.76. The van der Waals surface area contributed by atoms with Gasteiger partial charge in [-0.05, 0) is 24.8 Å². The molecule has 1 N–H and O–H groups in total. The molecule has 2 nitrogen and oxygen atoms in total. The smallest absolute Gasteiger partial charge is 0.148 e. The molecule has 1 saturated carbocycles. The van der Waals surface area contributed by atoms with Crippen LogP contribution in [-0.4, -0.2) is 12.6 Å². The number of benzene rings is 1. The molecule has 1 aromatic carbocycles. The normalized spacial score (nSPS) is 22.2. The van der Waals surface area contributed by atoms with Gasteiger partial charge in [0.1, 0.15) is 12.4 Å². The van der Waals surface area contributed by atoms with Crippen molar-refractivity contribution in [2.75, 3.05) is 6.61 Å². The second-order valence-electron chi connectivity index (χ2n) is 5.62. The maximum absolute atomic E-state index is 5.59. The third-order valence-corrected chi connectivity index (χ3v) is 4.22. The number of hydrogen-bond donors (Lipinski definition) is 1. The molecular formula is C18H25NO. The van der Waals surface area contributed by atoms with Crippen LogP contribution in [0.15, 0.2) is 24.3 Å². The Bertz CT molecular complexity index is 449. The molecule has 1 fully saturated rings. The molecule has 0 heterocycles. The van der Waals surface area contributed by atoms with Crippen molar-refractivity contribution < 1.29 is 4.74 Å². The van der Waals surface area contributed by atoms with Gasteiger partial charge >= 0.3 is 0 Å². The maximum Gasteiger partial charge on any atom is 0.148 e. The second-order valence-corrected chi connectivity index (χ2v) is 5.62. The molecule has 0 radical (unpaired) electrons. The molecule has 2 unspecified atom stereocenters. The highest BCUT2D eigenvalue weighted by atomic mass is 16.5. The summed E-state index contributed by atoms with van der Waals surface area (Å²) in [5.41, 5.74) is 1.20. The van der Waals surface area contributed by atoms with E-state index < -0.39 is 0 Å². The van der Waals surface area contributed by atoms with Gasteiger partial charge in [0.15, 0.2) is 0 Å². The molecule has 108 valence electrons. The number of ether oxygens (including phenoxy) is 1. The maximum atomic E-state index is 5.59. The number of rotatable bonds is 6. The van der Waals surface area contributed by atoms with Crippen molar-refractivity contribution in [2.24, 2.45) is 5.92 Å². The molecule has 2 atom stereocenters. The molecule has 20 heavy (non-hydrogen) atoms. The van der Waals surface area contributed by atoms with Gasteiger partial charge in [0.05, 0.1) is 0 Å². The van der Waals surface area contributed by atoms with Gasteiger partial charge in [0.2, 0.25) is 0 Å². The Morgan fingerprint density at radius 3 is 3.00 bits per heavy atom. The van der Waals surface area contributed by atoms with E-state index in [2.05, 4.69) is 30.3 Å². The molecular weight excluding hydrogens is 246 g/mol. The van der Waals surface area contributed by atoms with Crippen LogP contribution in [0.2, 0.25) is 0 Å². The molecule has 1 aliphatic carbocycles. The Morgan fingerprint density at radius 1 is 1.35 bits per heavy atom. The van der Waals surface area contributed by atoms with E-state index in [1.807, 2.05) is 12.1 Å². The standard InChI is InChI=1S/C18H25NO/c1-3-12-20-18-11-6-5-9-16(18)14-19-17-10-7-8-15(4-2)13-17/h1,5-6,9,11,15,17,19H,4,7-8,10,12-14H2,2H3. The summed E-state index contributed by atoms with van der Waals surface area (Å²) in [7, 11) is 0. The van der Waals surface area contributed by atoms with Crippen LogP contribution in [0.4, 0.5) is 0 Å². The largest absolute Gasteiger partial charge is 0.481 e. The Balaban J connectivity index is 1.88. The van der Waals surface area contributed by atoms with Crippen LogP contribution >= 0.6 is 0 Å². The molecule has 2 heteroatoms. The fourth-order valence-corrected chi connectivity index (χ4v) is 3.01. The fourth-order valence-electron chi connectivity index (χ4n) is 3.01. The second kappa shape index (κ2) is 7.97. The van der Waals surface area contributed by atoms with Crippen LogP contribution in [0, 0.1) is 18.3 Å². The van der Waals surface area contributed by atoms with E-state index in [4.69, 9.17) is 11.2 Å². The molecule has 1 aliphatic rings. The van der Waals surface area contributed by atoms with Gasteiger partial charge < -0.3 is 10.1 Å². The highest BCUT2D eigenvalue weighted by molar-refractivity contribution is 5.33. The summed E-state index contributed by atoms with van der Waals surface area (Å²) < 4.78 is 5.59. The Morgan fingerprint density at radius 2 is 2.20 bits per heavy atom. The number of hydrogen-bond acceptors (Lipinski definition) is 2. The highest BCUT2D eigenvalue weighted by Crippen LogP contribution is 2.27. The van der Waals surface area contributed by atoms with Crippen molar-refractivity contribution in [3.63, 3.8) is 0 Å². The molecule has 1 aromatic rings. The van der Waals surface area contributed by atoms with Crippen LogP contribution in [0.25, 0.3) is 0 Å². The van der Waals surface area contributed by atoms with Gasteiger partial charge in [0, 0.05) is 18.2 Å². The van der Waals surface area contributed by atoms with Crippen molar-refractivity contribution in [2.45, 2.75) is 51.6 Å². The van der Waals surface area contributed by atoms with Crippen molar-refractivity contribution in [3.05, 3.63) is 29.8 Å². The summed E-state index contributed by atoms with van der Waals surface area (Å²) in [5.74, 6) is 4.32. The lowest BCUT2D eigenvalue weighted by molar-refractivity contribution is 0.277. The third-order valence-electron chi connectivity index (χ3n) is 4.22. The lowest BCUT2D eigenvalue weighted by Crippen LogP contribution is -2.33. The number of nitrogens with one attached hydrogen (secondary N) is 1. The monoisotopic (exact) mass is 271 g/mol. The first-order valence-corrected chi connectivity index (χ1v) is 7.71. The van der Waals surface area contributed by atoms with E-state index in [1.165, 1.54) is 37.7 Å². The van der Waals surface area contributed by atoms with Crippen LogP contribution < -0.4 is 10.1 Å². The average molecular weight is 271 g/mol. The van der Waals surface area contributed by atoms with E-state index in [-0.39, 0.29) is 0 Å². The summed E-state index contributed by atoms with van der Waals surface area (Å²) in [6.07, 6.45) is 11.9. The zero-order valence-electron chi connectivity index (χ0n) is 12.4. The summed E-state index contributed by atoms with van der Waals surface area (Å²) in [6.45, 7) is 3.50. The van der Waals surface area contributed by atoms with Gasteiger partial charge in [-0.2, -0.15) is 0 Å². The van der Waals surface area contributed by atoms with Gasteiger partial charge in [-0.15, -0.1) is 6.42 Å². The lowest BCUT2D eigenvalue weighted by Gasteiger charge is -2.29. The van der Waals surface area contributed by atoms with Crippen molar-refractivity contribution in [1.29, 1.82) is 0 Å². The van der Waals surface area contributed by atoms with Crippen molar-refractivity contribution in [1.82, 2.24) is 5.32 Å². The Labute approximate surface area is 122 Å². The Hall–Kier alpha value is -1.46. The third kappa shape index (κ3) is 4.28. The van der Waals surface area contributed by atoms with E-state index >= 15 is 0 Å². The number of terminal acetylenes is 1. The fraction of sp³-hybridized carbons (Fsp3) is 0.556. The van der Waals surface area contributed by atoms with Crippen LogP contribution in [-0.2, 0) is 6.54 Å². The number of para-hydroxylation sites is 1. The molecule has 0 spiro atoms. The van der Waals surface area contributed by atoms with Crippen molar-refractivity contribution in [3.8, 4) is 18.1 Å². The van der Waals surface area contributed by atoms with E-state index in [1.54, 1.807) is 0 Å². The van der Waals surface area contributed by atoms with E-state index in [9.17, 15) is 0 Å². The SMILES string of the molecule is C#CCOc1ccccc1CNC1CCCC(CC)C1. The first kappa shape index (κ1) is 14.9. The molecule has 0 bridgehead atoms. The Kier molecular flexibility index (Phi) is 5.95. The minimum Gasteiger partial charge on any atom is -0.481 e. The first-order valence-electron chi connectivity index (χ1n) is 7.71. The highest BCUT2D eigenvalue weighted by Gasteiger charge is 2.20. The lowest BCUT2D eigenvalue weighted by atomic mass is 9.84. The summed E-state index contributed by atoms with van der Waals surface area (Å²) >= 11 is 0. The average Bonchev–Trinajstić information content (AvgIpc) is 2.52. The molecule has 0 aliphatic heterocycles. The predicted molar refractivity (Wildman–Crippen MR) is 83.6 cm³/mol. The van der Waals surface area contributed by atoms with Crippen LogP contribution in [0.5, 0.6) is 5.75 Å². The van der Waals surface area contributed by atoms with Gasteiger partial charge in [-0.1, -0.05) is 50.3 Å². The molecule has 0 aromatic heterocycles. The quantitative estimate of drug-likeness (QED) is 0.796. The molecule has 2 rings (SSSR count). The summed E-state index contributed by atoms with van der Waals surface area (Å²) in [6, 6.07) is 8.79. The van der Waals surface area contributed by atoms with Crippen molar-refractivity contribution >= 4 is 0 Å². The first-order chi connectivity index (χ1) is 9.83. The van der Waals surface area contributed by atoms with E-state index in [0.717, 1.165) is 18.2 Å². The zero-order valence-corrected chi connectivity index (χ0v) is 12.4. The summed E-state index contributed by atoms with van der Waals surface area (Å²) in [5, 5.41) is 3.69. The van der Waals surface area contributed by atoms with E-state index in [0.29, 0.717) is 12.6 Å². The molecule has 0 saturated heterocycles. The summed E-state index contributed by atoms with van der Waals surface area (Å²) in [4.78, 5) is 0. The minimum absolute atomic E-state index is 0.332. The van der Waals surface area contributed by atoms with Gasteiger partial charge in [-0.3, -0.25) is 0 Å². The van der Waals surface area contributed by atoms with Gasteiger partial charge in [-0.25, -0.2) is 0 Å². The van der Waals surface area contributed by atoms with Crippen LogP contribution in [0.3, 0.4) is 0 Å². The van der Waals surface area contributed by atoms with Crippen LogP contribution in [0.1, 0.15) is 44.6 Å². The topological polar surface area (TPSA) is 21.3 Å². The zero-order chi connectivity index (χ0) is 14.2. The van der Waals surface area contributed by atoms with Gasteiger partial charge in [0.25, 0.3) is 0 Å². The molecule has 0 amide bonds. The minimum atomic E-state index is 0.332.